The zero-order valence-corrected chi connectivity index (χ0v) is 16.7. The molecule has 2 aromatic rings. The third kappa shape index (κ3) is 3.17. The van der Waals surface area contributed by atoms with Gasteiger partial charge in [-0.05, 0) is 13.8 Å². The number of aromatic nitrogens is 1. The number of nitrogens with two attached hydrogens (primary N) is 1. The molecule has 1 heterocycles. The number of ether oxygens (including phenoxy) is 1. The third-order valence-corrected chi connectivity index (χ3v) is 6.76. The van der Waals surface area contributed by atoms with Gasteiger partial charge in [0, 0.05) is 28.9 Å². The van der Waals surface area contributed by atoms with Crippen LogP contribution in [0.25, 0.3) is 10.6 Å². The molecule has 140 valence electrons. The Kier molecular flexibility index (Phi) is 5.19. The molecule has 1 amide bonds. The molecule has 0 radical (unpaired) electrons. The van der Waals surface area contributed by atoms with Crippen LogP contribution in [0, 0.1) is 12.3 Å². The normalized spacial score (nSPS) is 24.1. The van der Waals surface area contributed by atoms with Gasteiger partial charge in [0.05, 0.1) is 18.3 Å². The molecule has 1 aromatic heterocycles. The molecule has 0 aliphatic heterocycles. The van der Waals surface area contributed by atoms with Gasteiger partial charge in [-0.1, -0.05) is 44.2 Å². The molecule has 1 saturated carbocycles. The molecule has 2 unspecified atom stereocenters. The van der Waals surface area contributed by atoms with Crippen molar-refractivity contribution in [2.75, 3.05) is 6.61 Å². The van der Waals surface area contributed by atoms with Crippen molar-refractivity contribution in [1.29, 1.82) is 0 Å². The second-order valence-electron chi connectivity index (χ2n) is 7.42. The van der Waals surface area contributed by atoms with Crippen LogP contribution in [0.5, 0.6) is 0 Å². The van der Waals surface area contributed by atoms with E-state index in [9.17, 15) is 4.79 Å². The molecule has 2 atom stereocenters. The van der Waals surface area contributed by atoms with Crippen molar-refractivity contribution in [3.8, 4) is 10.6 Å². The lowest BCUT2D eigenvalue weighted by Crippen LogP contribution is -2.75. The standard InChI is InChI=1S/C20H27N3O2S/c1-5-25-16-11-20(21,19(16,3)4)18(24)22-12-15-13(2)23-17(26-15)14-9-7-6-8-10-14/h6-10,16H,5,11-12,21H2,1-4H3,(H,22,24). The Morgan fingerprint density at radius 3 is 2.69 bits per heavy atom. The predicted octanol–water partition coefficient (Wildman–Crippen LogP) is 3.27. The molecular formula is C20H27N3O2S. The van der Waals surface area contributed by atoms with Crippen molar-refractivity contribution in [3.63, 3.8) is 0 Å². The number of carbonyl (C=O) groups excluding carboxylic acids is 1. The summed E-state index contributed by atoms with van der Waals surface area (Å²) in [7, 11) is 0. The molecular weight excluding hydrogens is 346 g/mol. The van der Waals surface area contributed by atoms with Crippen LogP contribution in [0.4, 0.5) is 0 Å². The highest BCUT2D eigenvalue weighted by atomic mass is 32.1. The van der Waals surface area contributed by atoms with E-state index >= 15 is 0 Å². The van der Waals surface area contributed by atoms with E-state index in [4.69, 9.17) is 10.5 Å². The van der Waals surface area contributed by atoms with Gasteiger partial charge in [0.2, 0.25) is 5.91 Å². The summed E-state index contributed by atoms with van der Waals surface area (Å²) in [5, 5.41) is 3.98. The smallest absolute Gasteiger partial charge is 0.241 e. The minimum atomic E-state index is -0.895. The van der Waals surface area contributed by atoms with E-state index in [0.717, 1.165) is 21.1 Å². The van der Waals surface area contributed by atoms with E-state index in [0.29, 0.717) is 19.6 Å². The molecule has 6 heteroatoms. The highest BCUT2D eigenvalue weighted by Crippen LogP contribution is 2.49. The Morgan fingerprint density at radius 1 is 1.38 bits per heavy atom. The maximum Gasteiger partial charge on any atom is 0.241 e. The lowest BCUT2D eigenvalue weighted by molar-refractivity contribution is -0.170. The summed E-state index contributed by atoms with van der Waals surface area (Å²) in [4.78, 5) is 18.5. The molecule has 3 N–H and O–H groups in total. The summed E-state index contributed by atoms with van der Waals surface area (Å²) in [6, 6.07) is 10.1. The number of aryl methyl sites for hydroxylation is 1. The first-order valence-corrected chi connectivity index (χ1v) is 9.81. The Morgan fingerprint density at radius 2 is 2.08 bits per heavy atom. The van der Waals surface area contributed by atoms with Gasteiger partial charge >= 0.3 is 0 Å². The van der Waals surface area contributed by atoms with Crippen LogP contribution in [-0.4, -0.2) is 29.1 Å². The summed E-state index contributed by atoms with van der Waals surface area (Å²) >= 11 is 1.61. The Balaban J connectivity index is 1.66. The van der Waals surface area contributed by atoms with E-state index in [2.05, 4.69) is 10.3 Å². The van der Waals surface area contributed by atoms with E-state index in [-0.39, 0.29) is 17.4 Å². The minimum Gasteiger partial charge on any atom is -0.378 e. The number of thiazole rings is 1. The minimum absolute atomic E-state index is 0.0260. The molecule has 1 aromatic carbocycles. The fourth-order valence-electron chi connectivity index (χ4n) is 3.44. The number of hydrogen-bond donors (Lipinski definition) is 2. The third-order valence-electron chi connectivity index (χ3n) is 5.56. The van der Waals surface area contributed by atoms with Crippen molar-refractivity contribution in [1.82, 2.24) is 10.3 Å². The lowest BCUT2D eigenvalue weighted by Gasteiger charge is -2.57. The van der Waals surface area contributed by atoms with Crippen molar-refractivity contribution in [3.05, 3.63) is 40.9 Å². The summed E-state index contributed by atoms with van der Waals surface area (Å²) in [5.74, 6) is -0.118. The fraction of sp³-hybridized carbons (Fsp3) is 0.500. The SMILES string of the molecule is CCOC1CC(N)(C(=O)NCc2sc(-c3ccccc3)nc2C)C1(C)C. The molecule has 1 aliphatic rings. The summed E-state index contributed by atoms with van der Waals surface area (Å²) in [5.41, 5.74) is 7.20. The van der Waals surface area contributed by atoms with Gasteiger partial charge in [0.15, 0.2) is 0 Å². The Bertz CT molecular complexity index is 788. The zero-order chi connectivity index (χ0) is 18.9. The maximum atomic E-state index is 12.8. The van der Waals surface area contributed by atoms with Crippen LogP contribution in [0.1, 0.15) is 37.8 Å². The van der Waals surface area contributed by atoms with Crippen LogP contribution < -0.4 is 11.1 Å². The topological polar surface area (TPSA) is 77.2 Å². The molecule has 1 fully saturated rings. The van der Waals surface area contributed by atoms with E-state index in [1.54, 1.807) is 11.3 Å². The molecule has 0 saturated heterocycles. The van der Waals surface area contributed by atoms with E-state index < -0.39 is 5.54 Å². The number of nitrogens with one attached hydrogen (secondary N) is 1. The summed E-state index contributed by atoms with van der Waals surface area (Å²) < 4.78 is 5.70. The fourth-order valence-corrected chi connectivity index (χ4v) is 4.44. The van der Waals surface area contributed by atoms with Crippen LogP contribution >= 0.6 is 11.3 Å². The number of hydrogen-bond acceptors (Lipinski definition) is 5. The van der Waals surface area contributed by atoms with Crippen LogP contribution in [0.3, 0.4) is 0 Å². The molecule has 1 aliphatic carbocycles. The van der Waals surface area contributed by atoms with Crippen LogP contribution in [0.2, 0.25) is 0 Å². The average molecular weight is 374 g/mol. The first-order chi connectivity index (χ1) is 12.3. The first-order valence-electron chi connectivity index (χ1n) is 9.00. The zero-order valence-electron chi connectivity index (χ0n) is 15.8. The van der Waals surface area contributed by atoms with Gasteiger partial charge in [0.1, 0.15) is 10.5 Å². The average Bonchev–Trinajstić information content (AvgIpc) is 3.01. The number of amides is 1. The molecule has 3 rings (SSSR count). The second kappa shape index (κ2) is 7.10. The van der Waals surface area contributed by atoms with Gasteiger partial charge in [-0.3, -0.25) is 4.79 Å². The van der Waals surface area contributed by atoms with Crippen LogP contribution in [0.15, 0.2) is 30.3 Å². The maximum absolute atomic E-state index is 12.8. The van der Waals surface area contributed by atoms with Gasteiger partial charge in [-0.25, -0.2) is 4.98 Å². The first kappa shape index (κ1) is 19.0. The lowest BCUT2D eigenvalue weighted by atomic mass is 9.54. The number of carbonyl (C=O) groups is 1. The van der Waals surface area contributed by atoms with Crippen molar-refractivity contribution >= 4 is 17.2 Å². The predicted molar refractivity (Wildman–Crippen MR) is 105 cm³/mol. The Hall–Kier alpha value is -1.76. The number of benzene rings is 1. The monoisotopic (exact) mass is 373 g/mol. The number of rotatable bonds is 6. The van der Waals surface area contributed by atoms with Crippen molar-refractivity contribution in [2.45, 2.75) is 52.3 Å². The van der Waals surface area contributed by atoms with Gasteiger partial charge in [0.25, 0.3) is 0 Å². The second-order valence-corrected chi connectivity index (χ2v) is 8.50. The highest BCUT2D eigenvalue weighted by Gasteiger charge is 2.62. The highest BCUT2D eigenvalue weighted by molar-refractivity contribution is 7.15. The molecule has 26 heavy (non-hydrogen) atoms. The molecule has 5 nitrogen and oxygen atoms in total. The van der Waals surface area contributed by atoms with Gasteiger partial charge in [-0.15, -0.1) is 11.3 Å². The summed E-state index contributed by atoms with van der Waals surface area (Å²) in [6.45, 7) is 9.02. The molecule has 0 bridgehead atoms. The van der Waals surface area contributed by atoms with Crippen molar-refractivity contribution < 1.29 is 9.53 Å². The van der Waals surface area contributed by atoms with Gasteiger partial charge in [-0.2, -0.15) is 0 Å². The summed E-state index contributed by atoms with van der Waals surface area (Å²) in [6.07, 6.45) is 0.578. The molecule has 0 spiro atoms. The van der Waals surface area contributed by atoms with Gasteiger partial charge < -0.3 is 15.8 Å². The largest absolute Gasteiger partial charge is 0.378 e. The van der Waals surface area contributed by atoms with E-state index in [1.165, 1.54) is 0 Å². The van der Waals surface area contributed by atoms with E-state index in [1.807, 2.05) is 58.0 Å². The van der Waals surface area contributed by atoms with Crippen molar-refractivity contribution in [2.24, 2.45) is 11.1 Å². The Labute approximate surface area is 159 Å². The quantitative estimate of drug-likeness (QED) is 0.815. The van der Waals surface area contributed by atoms with Crippen LogP contribution in [-0.2, 0) is 16.1 Å². The number of nitrogens with zero attached hydrogens (tertiary/aromatic N) is 1.